The molecular weight excluding hydrogens is 759 g/mol. The molecule has 14 rings (SSSR count). The molecule has 0 unspecified atom stereocenters. The summed E-state index contributed by atoms with van der Waals surface area (Å²) in [5.74, 6) is 0. The van der Waals surface area contributed by atoms with Crippen molar-refractivity contribution in [1.82, 2.24) is 0 Å². The van der Waals surface area contributed by atoms with Crippen LogP contribution in [0.5, 0.6) is 0 Å². The van der Waals surface area contributed by atoms with Crippen molar-refractivity contribution in [2.45, 2.75) is 10.8 Å². The van der Waals surface area contributed by atoms with Gasteiger partial charge in [0.05, 0.1) is 10.8 Å². The van der Waals surface area contributed by atoms with E-state index in [0.717, 1.165) is 17.1 Å². The lowest BCUT2D eigenvalue weighted by Crippen LogP contribution is -2.26. The van der Waals surface area contributed by atoms with Gasteiger partial charge in [-0.15, -0.1) is 0 Å². The van der Waals surface area contributed by atoms with Gasteiger partial charge < -0.3 is 4.90 Å². The van der Waals surface area contributed by atoms with Crippen molar-refractivity contribution in [3.05, 3.63) is 281 Å². The summed E-state index contributed by atoms with van der Waals surface area (Å²) in [5.41, 5.74) is 25.7. The molecule has 0 saturated carbocycles. The first-order valence-electron chi connectivity index (χ1n) is 21.9. The van der Waals surface area contributed by atoms with Crippen molar-refractivity contribution in [3.8, 4) is 55.6 Å². The molecule has 1 nitrogen and oxygen atoms in total. The number of anilines is 3. The first-order chi connectivity index (χ1) is 31.3. The highest BCUT2D eigenvalue weighted by Crippen LogP contribution is 2.65. The molecule has 0 atom stereocenters. The molecule has 0 amide bonds. The standard InChI is InChI=1S/C62H37N/c1-2-17-41(18-3-1)63(43-37-38-51-49-23-6-12-29-55(49)61(59(51)39-43)53-27-10-4-19-45(53)46-20-5-11-28-54(46)61)42-35-33-40(34-36-42)44-25-16-26-52-50-24-9-15-32-58(50)62(60(44)52)56-30-13-7-21-47(56)48-22-8-14-31-57(48)62/h1-11,13-28,30-39H. The zero-order valence-electron chi connectivity index (χ0n) is 34.3. The summed E-state index contributed by atoms with van der Waals surface area (Å²) in [6.07, 6.45) is 0. The van der Waals surface area contributed by atoms with Crippen molar-refractivity contribution in [2.75, 3.05) is 4.90 Å². The fraction of sp³-hybridized carbons (Fsp3) is 0.0323. The van der Waals surface area contributed by atoms with Gasteiger partial charge in [-0.25, -0.2) is 0 Å². The first kappa shape index (κ1) is 34.5. The number of hydrogen-bond acceptors (Lipinski definition) is 1. The highest BCUT2D eigenvalue weighted by atomic mass is 15.1. The molecule has 0 bridgehead atoms. The van der Waals surface area contributed by atoms with Crippen LogP contribution in [-0.2, 0) is 10.8 Å². The van der Waals surface area contributed by atoms with Crippen molar-refractivity contribution in [3.63, 3.8) is 0 Å². The Morgan fingerprint density at radius 1 is 0.302 bits per heavy atom. The third-order valence-electron chi connectivity index (χ3n) is 14.5. The topological polar surface area (TPSA) is 3.24 Å². The summed E-state index contributed by atoms with van der Waals surface area (Å²) < 4.78 is 0. The van der Waals surface area contributed by atoms with E-state index in [0.29, 0.717) is 0 Å². The Hall–Kier alpha value is -8.18. The van der Waals surface area contributed by atoms with Crippen LogP contribution in [0, 0.1) is 12.1 Å². The van der Waals surface area contributed by atoms with Gasteiger partial charge in [0.1, 0.15) is 0 Å². The number of hydrogen-bond donors (Lipinski definition) is 0. The summed E-state index contributed by atoms with van der Waals surface area (Å²) in [6.45, 7) is 0. The van der Waals surface area contributed by atoms with E-state index >= 15 is 0 Å². The normalized spacial score (nSPS) is 14.2. The maximum absolute atomic E-state index is 3.66. The minimum atomic E-state index is -0.503. The van der Waals surface area contributed by atoms with Crippen LogP contribution in [0.3, 0.4) is 0 Å². The van der Waals surface area contributed by atoms with Crippen molar-refractivity contribution >= 4 is 17.1 Å². The fourth-order valence-electron chi connectivity index (χ4n) is 12.3. The lowest BCUT2D eigenvalue weighted by Gasteiger charge is -2.32. The zero-order valence-corrected chi connectivity index (χ0v) is 34.3. The Morgan fingerprint density at radius 3 is 1.33 bits per heavy atom. The van der Waals surface area contributed by atoms with Gasteiger partial charge in [-0.3, -0.25) is 0 Å². The number of rotatable bonds is 4. The molecule has 4 aliphatic rings. The molecule has 2 spiro atoms. The minimum absolute atomic E-state index is 0.422. The molecule has 10 aromatic rings. The van der Waals surface area contributed by atoms with E-state index in [9.17, 15) is 0 Å². The van der Waals surface area contributed by atoms with E-state index < -0.39 is 10.8 Å². The summed E-state index contributed by atoms with van der Waals surface area (Å²) in [6, 6.07) is 90.4. The van der Waals surface area contributed by atoms with Crippen LogP contribution >= 0.6 is 0 Å². The van der Waals surface area contributed by atoms with Crippen LogP contribution in [-0.4, -0.2) is 0 Å². The van der Waals surface area contributed by atoms with Crippen LogP contribution in [0.15, 0.2) is 224 Å². The third-order valence-corrected chi connectivity index (χ3v) is 14.5. The summed E-state index contributed by atoms with van der Waals surface area (Å²) in [4.78, 5) is 2.42. The van der Waals surface area contributed by atoms with Crippen molar-refractivity contribution < 1.29 is 0 Å². The van der Waals surface area contributed by atoms with Gasteiger partial charge in [0, 0.05) is 22.6 Å². The van der Waals surface area contributed by atoms with E-state index in [1.807, 2.05) is 6.07 Å². The Kier molecular flexibility index (Phi) is 6.95. The van der Waals surface area contributed by atoms with Crippen LogP contribution in [0.1, 0.15) is 44.5 Å². The van der Waals surface area contributed by atoms with Gasteiger partial charge in [-0.05, 0) is 143 Å². The molecule has 0 radical (unpaired) electrons. The predicted molar refractivity (Wildman–Crippen MR) is 257 cm³/mol. The van der Waals surface area contributed by atoms with Crippen LogP contribution in [0.2, 0.25) is 0 Å². The number of fused-ring (bicyclic) bond motifs is 20. The first-order valence-corrected chi connectivity index (χ1v) is 21.9. The van der Waals surface area contributed by atoms with Crippen molar-refractivity contribution in [2.24, 2.45) is 0 Å². The van der Waals surface area contributed by atoms with Crippen LogP contribution in [0.25, 0.3) is 55.6 Å². The van der Waals surface area contributed by atoms with E-state index in [1.165, 1.54) is 100 Å². The average molecular weight is 796 g/mol. The minimum Gasteiger partial charge on any atom is -0.310 e. The van der Waals surface area contributed by atoms with Crippen LogP contribution in [0.4, 0.5) is 17.1 Å². The molecule has 0 saturated heterocycles. The van der Waals surface area contributed by atoms with Gasteiger partial charge in [0.15, 0.2) is 0 Å². The Morgan fingerprint density at radius 2 is 0.746 bits per heavy atom. The maximum Gasteiger partial charge on any atom is 0.0805 e. The van der Waals surface area contributed by atoms with Crippen LogP contribution < -0.4 is 4.90 Å². The average Bonchev–Trinajstić information content (AvgIpc) is 4.04. The lowest BCUT2D eigenvalue weighted by atomic mass is 9.68. The van der Waals surface area contributed by atoms with E-state index in [1.54, 1.807) is 0 Å². The summed E-state index contributed by atoms with van der Waals surface area (Å²) in [5, 5.41) is 0. The largest absolute Gasteiger partial charge is 0.310 e. The molecule has 0 heterocycles. The molecule has 0 aromatic heterocycles. The quantitative estimate of drug-likeness (QED) is 0.171. The van der Waals surface area contributed by atoms with Crippen molar-refractivity contribution in [1.29, 1.82) is 0 Å². The van der Waals surface area contributed by atoms with Gasteiger partial charge in [0.25, 0.3) is 0 Å². The Bertz CT molecular complexity index is 3390. The molecule has 290 valence electrons. The third kappa shape index (κ3) is 4.32. The molecule has 0 aliphatic heterocycles. The highest BCUT2D eigenvalue weighted by molar-refractivity contribution is 6.00. The van der Waals surface area contributed by atoms with E-state index in [2.05, 4.69) is 235 Å². The molecule has 10 aromatic carbocycles. The maximum atomic E-state index is 3.66. The second kappa shape index (κ2) is 12.7. The lowest BCUT2D eigenvalue weighted by molar-refractivity contribution is 0.794. The second-order valence-corrected chi connectivity index (χ2v) is 17.3. The fourth-order valence-corrected chi connectivity index (χ4v) is 12.3. The smallest absolute Gasteiger partial charge is 0.0805 e. The molecule has 0 N–H and O–H groups in total. The zero-order chi connectivity index (χ0) is 41.3. The van der Waals surface area contributed by atoms with E-state index in [4.69, 9.17) is 0 Å². The number of nitrogens with zero attached hydrogens (tertiary/aromatic N) is 1. The van der Waals surface area contributed by atoms with E-state index in [-0.39, 0.29) is 0 Å². The molecule has 0 fully saturated rings. The SMILES string of the molecule is c1ccc2c(c#1)C1(c3cc(N(c4ccccc4)c4ccc(-c5cccc6c5C5(c7ccccc7-c7ccccc75)c5ccccc5-6)cc4)ccc3-2)c2ccccc2-c2ccccc21. The number of para-hydroxylation sites is 1. The van der Waals surface area contributed by atoms with Gasteiger partial charge in [-0.1, -0.05) is 188 Å². The predicted octanol–water partition coefficient (Wildman–Crippen LogP) is 15.1. The molecule has 4 aliphatic carbocycles. The molecule has 63 heavy (non-hydrogen) atoms. The van der Waals surface area contributed by atoms with Gasteiger partial charge >= 0.3 is 0 Å². The molecule has 1 heteroatoms. The summed E-state index contributed by atoms with van der Waals surface area (Å²) in [7, 11) is 0. The monoisotopic (exact) mass is 795 g/mol. The second-order valence-electron chi connectivity index (χ2n) is 17.3. The Balaban J connectivity index is 0.955. The van der Waals surface area contributed by atoms with Gasteiger partial charge in [0.2, 0.25) is 0 Å². The van der Waals surface area contributed by atoms with Gasteiger partial charge in [-0.2, -0.15) is 0 Å². The highest BCUT2D eigenvalue weighted by Gasteiger charge is 2.54. The Labute approximate surface area is 367 Å². The molecular formula is C62H37N. The summed E-state index contributed by atoms with van der Waals surface area (Å²) >= 11 is 0. The number of benzene rings is 9.